The topological polar surface area (TPSA) is 102 Å². The smallest absolute Gasteiger partial charge is 0.266 e. The van der Waals surface area contributed by atoms with Crippen molar-refractivity contribution in [1.82, 2.24) is 15.0 Å². The Morgan fingerprint density at radius 2 is 2.00 bits per heavy atom. The lowest BCUT2D eigenvalue weighted by molar-refractivity contribution is -0.117. The van der Waals surface area contributed by atoms with Crippen molar-refractivity contribution in [3.05, 3.63) is 17.9 Å². The predicted molar refractivity (Wildman–Crippen MR) is 52.8 cm³/mol. The molecule has 7 nitrogen and oxygen atoms in total. The summed E-state index contributed by atoms with van der Waals surface area (Å²) in [6.07, 6.45) is 0. The van der Waals surface area contributed by atoms with Crippen molar-refractivity contribution in [2.75, 3.05) is 0 Å². The Kier molecular flexibility index (Phi) is 2.54. The van der Waals surface area contributed by atoms with Crippen LogP contribution >= 0.6 is 0 Å². The second-order valence-corrected chi connectivity index (χ2v) is 4.82. The van der Waals surface area contributed by atoms with Gasteiger partial charge in [0.15, 0.2) is 16.9 Å². The van der Waals surface area contributed by atoms with Crippen molar-refractivity contribution < 1.29 is 22.2 Å². The van der Waals surface area contributed by atoms with Crippen LogP contribution in [0.4, 0.5) is 4.39 Å². The molecule has 0 aliphatic rings. The number of benzene rings is 1. The average molecular weight is 259 g/mol. The van der Waals surface area contributed by atoms with Gasteiger partial charge in [0, 0.05) is 6.92 Å². The summed E-state index contributed by atoms with van der Waals surface area (Å²) in [4.78, 5) is 10.4. The van der Waals surface area contributed by atoms with E-state index in [-0.39, 0.29) is 15.9 Å². The lowest BCUT2D eigenvalue weighted by Gasteiger charge is -2.04. The third kappa shape index (κ3) is 1.96. The van der Waals surface area contributed by atoms with E-state index in [1.165, 1.54) is 0 Å². The summed E-state index contributed by atoms with van der Waals surface area (Å²) in [7, 11) is -4.10. The molecule has 0 spiro atoms. The minimum Gasteiger partial charge on any atom is -0.274 e. The van der Waals surface area contributed by atoms with Gasteiger partial charge < -0.3 is 0 Å². The van der Waals surface area contributed by atoms with Crippen molar-refractivity contribution in [2.24, 2.45) is 0 Å². The maximum absolute atomic E-state index is 13.2. The molecule has 0 atom stereocenters. The van der Waals surface area contributed by atoms with Crippen LogP contribution in [0.2, 0.25) is 0 Å². The number of fused-ring (bicyclic) bond motifs is 1. The van der Waals surface area contributed by atoms with Gasteiger partial charge in [0.05, 0.1) is 0 Å². The number of hydrogen-bond donors (Lipinski definition) is 1. The number of rotatable bonds is 2. The number of hydrogen-bond acceptors (Lipinski definition) is 6. The standard InChI is InChI=1S/C8H6FN3O4S/c1-4(13)12-17(14,15)6-3-2-5(9)7-8(6)11-16-10-7/h2-3H,1H3,(H,12,13). The SMILES string of the molecule is CC(=O)NS(=O)(=O)c1ccc(F)c2nonc12. The molecule has 90 valence electrons. The lowest BCUT2D eigenvalue weighted by atomic mass is 10.3. The van der Waals surface area contributed by atoms with E-state index in [4.69, 9.17) is 0 Å². The molecular weight excluding hydrogens is 253 g/mol. The van der Waals surface area contributed by atoms with E-state index >= 15 is 0 Å². The number of amides is 1. The molecule has 0 aliphatic carbocycles. The van der Waals surface area contributed by atoms with Gasteiger partial charge in [-0.25, -0.2) is 22.2 Å². The van der Waals surface area contributed by atoms with Crippen LogP contribution in [0.1, 0.15) is 6.92 Å². The van der Waals surface area contributed by atoms with Crippen molar-refractivity contribution >= 4 is 27.0 Å². The molecule has 0 radical (unpaired) electrons. The monoisotopic (exact) mass is 259 g/mol. The van der Waals surface area contributed by atoms with Gasteiger partial charge in [0.1, 0.15) is 4.90 Å². The minimum absolute atomic E-state index is 0.265. The van der Waals surface area contributed by atoms with Crippen molar-refractivity contribution in [1.29, 1.82) is 0 Å². The Morgan fingerprint density at radius 1 is 1.35 bits per heavy atom. The third-order valence-electron chi connectivity index (χ3n) is 1.90. The molecule has 2 aromatic rings. The summed E-state index contributed by atoms with van der Waals surface area (Å²) < 4.78 is 42.6. The highest BCUT2D eigenvalue weighted by Crippen LogP contribution is 2.22. The van der Waals surface area contributed by atoms with E-state index in [0.29, 0.717) is 0 Å². The van der Waals surface area contributed by atoms with Gasteiger partial charge in [-0.05, 0) is 22.4 Å². The molecule has 0 bridgehead atoms. The first-order valence-corrected chi connectivity index (χ1v) is 5.84. The third-order valence-corrected chi connectivity index (χ3v) is 3.36. The Hall–Kier alpha value is -2.03. The molecule has 1 aromatic heterocycles. The fraction of sp³-hybridized carbons (Fsp3) is 0.125. The zero-order valence-corrected chi connectivity index (χ0v) is 9.28. The molecular formula is C8H6FN3O4S. The quantitative estimate of drug-likeness (QED) is 0.825. The summed E-state index contributed by atoms with van der Waals surface area (Å²) in [5, 5.41) is 6.53. The number of halogens is 1. The number of sulfonamides is 1. The van der Waals surface area contributed by atoms with Crippen molar-refractivity contribution in [2.45, 2.75) is 11.8 Å². The first-order valence-electron chi connectivity index (χ1n) is 4.36. The van der Waals surface area contributed by atoms with Crippen LogP contribution < -0.4 is 4.72 Å². The fourth-order valence-electron chi connectivity index (χ4n) is 1.27. The van der Waals surface area contributed by atoms with Gasteiger partial charge in [-0.15, -0.1) is 0 Å². The van der Waals surface area contributed by atoms with Gasteiger partial charge in [0.25, 0.3) is 10.0 Å². The highest BCUT2D eigenvalue weighted by molar-refractivity contribution is 7.90. The summed E-state index contributed by atoms with van der Waals surface area (Å²) in [5.74, 6) is -1.53. The zero-order valence-electron chi connectivity index (χ0n) is 8.47. The van der Waals surface area contributed by atoms with Gasteiger partial charge >= 0.3 is 0 Å². The Bertz CT molecular complexity index is 694. The Balaban J connectivity index is 2.68. The van der Waals surface area contributed by atoms with Gasteiger partial charge in [-0.1, -0.05) is 0 Å². The summed E-state index contributed by atoms with van der Waals surface area (Å²) in [6, 6.07) is 1.88. The molecule has 0 aliphatic heterocycles. The highest BCUT2D eigenvalue weighted by Gasteiger charge is 2.23. The van der Waals surface area contributed by atoms with Crippen LogP contribution in [-0.2, 0) is 14.8 Å². The molecule has 9 heteroatoms. The lowest BCUT2D eigenvalue weighted by Crippen LogP contribution is -2.28. The molecule has 1 amide bonds. The van der Waals surface area contributed by atoms with Crippen LogP contribution in [0.3, 0.4) is 0 Å². The maximum atomic E-state index is 13.2. The molecule has 1 N–H and O–H groups in total. The molecule has 0 unspecified atom stereocenters. The number of nitrogens with zero attached hydrogens (tertiary/aromatic N) is 2. The Labute approximate surface area is 94.6 Å². The number of aromatic nitrogens is 2. The summed E-state index contributed by atoms with van der Waals surface area (Å²) in [6.45, 7) is 1.04. The molecule has 17 heavy (non-hydrogen) atoms. The average Bonchev–Trinajstić information content (AvgIpc) is 2.64. The van der Waals surface area contributed by atoms with Crippen LogP contribution in [0.5, 0.6) is 0 Å². The molecule has 0 saturated carbocycles. The highest BCUT2D eigenvalue weighted by atomic mass is 32.2. The largest absolute Gasteiger partial charge is 0.274 e. The minimum atomic E-state index is -4.10. The number of nitrogens with one attached hydrogen (secondary N) is 1. The second kappa shape index (κ2) is 3.77. The van der Waals surface area contributed by atoms with Gasteiger partial charge in [-0.3, -0.25) is 4.79 Å². The van der Waals surface area contributed by atoms with E-state index in [9.17, 15) is 17.6 Å². The number of carbonyl (C=O) groups is 1. The van der Waals surface area contributed by atoms with E-state index in [1.807, 2.05) is 0 Å². The molecule has 0 saturated heterocycles. The predicted octanol–water partition coefficient (Wildman–Crippen LogP) is 0.187. The van der Waals surface area contributed by atoms with E-state index in [2.05, 4.69) is 14.9 Å². The van der Waals surface area contributed by atoms with E-state index in [1.54, 1.807) is 4.72 Å². The fourth-order valence-corrected chi connectivity index (χ4v) is 2.40. The molecule has 0 fully saturated rings. The normalized spacial score (nSPS) is 11.6. The molecule has 1 heterocycles. The van der Waals surface area contributed by atoms with Crippen LogP contribution in [-0.4, -0.2) is 24.6 Å². The first-order chi connectivity index (χ1) is 7.92. The van der Waals surface area contributed by atoms with E-state index in [0.717, 1.165) is 19.1 Å². The van der Waals surface area contributed by atoms with Crippen molar-refractivity contribution in [3.63, 3.8) is 0 Å². The van der Waals surface area contributed by atoms with Crippen LogP contribution in [0.15, 0.2) is 21.7 Å². The van der Waals surface area contributed by atoms with Gasteiger partial charge in [0.2, 0.25) is 5.91 Å². The van der Waals surface area contributed by atoms with E-state index < -0.39 is 21.7 Å². The second-order valence-electron chi connectivity index (χ2n) is 3.17. The first kappa shape index (κ1) is 11.5. The summed E-state index contributed by atoms with van der Waals surface area (Å²) in [5.41, 5.74) is -0.574. The molecule has 1 aromatic carbocycles. The van der Waals surface area contributed by atoms with Crippen LogP contribution in [0, 0.1) is 5.82 Å². The Morgan fingerprint density at radius 3 is 2.65 bits per heavy atom. The number of carbonyl (C=O) groups excluding carboxylic acids is 1. The summed E-state index contributed by atoms with van der Waals surface area (Å²) >= 11 is 0. The zero-order chi connectivity index (χ0) is 12.6. The van der Waals surface area contributed by atoms with Crippen molar-refractivity contribution in [3.8, 4) is 0 Å². The molecule has 2 rings (SSSR count). The maximum Gasteiger partial charge on any atom is 0.266 e. The van der Waals surface area contributed by atoms with Crippen LogP contribution in [0.25, 0.3) is 11.0 Å². The van der Waals surface area contributed by atoms with Gasteiger partial charge in [-0.2, -0.15) is 0 Å².